The fraction of sp³-hybridized carbons (Fsp3) is 0.542. The first-order chi connectivity index (χ1) is 11.5. The third-order valence-electron chi connectivity index (χ3n) is 6.30. The minimum atomic E-state index is 0.254. The predicted octanol–water partition coefficient (Wildman–Crippen LogP) is 5.96. The molecule has 0 unspecified atom stereocenters. The van der Waals surface area contributed by atoms with E-state index in [4.69, 9.17) is 0 Å². The van der Waals surface area contributed by atoms with E-state index in [0.717, 1.165) is 0 Å². The summed E-state index contributed by atoms with van der Waals surface area (Å²) in [5.41, 5.74) is 9.08. The van der Waals surface area contributed by atoms with Gasteiger partial charge in [0, 0.05) is 17.2 Å². The van der Waals surface area contributed by atoms with Gasteiger partial charge in [-0.25, -0.2) is 4.57 Å². The van der Waals surface area contributed by atoms with Gasteiger partial charge in [0.2, 0.25) is 5.69 Å². The number of hydrogen-bond donors (Lipinski definition) is 0. The van der Waals surface area contributed by atoms with Crippen LogP contribution in [-0.2, 0) is 17.9 Å². The summed E-state index contributed by atoms with van der Waals surface area (Å²) in [4.78, 5) is 0. The number of aromatic nitrogens is 1. The van der Waals surface area contributed by atoms with Gasteiger partial charge in [-0.3, -0.25) is 0 Å². The molecule has 1 aromatic heterocycles. The number of rotatable bonds is 2. The molecule has 1 aliphatic rings. The molecule has 0 atom stereocenters. The molecule has 134 valence electrons. The molecule has 0 saturated heterocycles. The molecule has 0 amide bonds. The lowest BCUT2D eigenvalue weighted by molar-refractivity contribution is -0.660. The summed E-state index contributed by atoms with van der Waals surface area (Å²) >= 11 is 0. The van der Waals surface area contributed by atoms with E-state index in [1.165, 1.54) is 40.8 Å². The van der Waals surface area contributed by atoms with E-state index in [2.05, 4.69) is 90.5 Å². The van der Waals surface area contributed by atoms with Crippen molar-refractivity contribution in [1.82, 2.24) is 0 Å². The van der Waals surface area contributed by atoms with E-state index in [0.29, 0.717) is 5.92 Å². The molecular weight excluding hydrogens is 302 g/mol. The number of hydrogen-bond acceptors (Lipinski definition) is 0. The number of benzene rings is 1. The molecule has 1 aliphatic carbocycles. The van der Waals surface area contributed by atoms with E-state index in [9.17, 15) is 0 Å². The molecule has 1 heterocycles. The Bertz CT molecular complexity index is 809. The zero-order chi connectivity index (χ0) is 18.6. The first kappa shape index (κ1) is 18.2. The van der Waals surface area contributed by atoms with Crippen LogP contribution in [0.4, 0.5) is 0 Å². The average molecular weight is 337 g/mol. The van der Waals surface area contributed by atoms with Gasteiger partial charge in [-0.1, -0.05) is 47.6 Å². The maximum Gasteiger partial charge on any atom is 0.212 e. The molecule has 0 bridgehead atoms. The highest BCUT2D eigenvalue weighted by Crippen LogP contribution is 2.47. The van der Waals surface area contributed by atoms with Crippen molar-refractivity contribution in [3.05, 3.63) is 52.7 Å². The van der Waals surface area contributed by atoms with Crippen molar-refractivity contribution in [2.75, 3.05) is 0 Å². The van der Waals surface area contributed by atoms with Gasteiger partial charge in [-0.2, -0.15) is 0 Å². The highest BCUT2D eigenvalue weighted by atomic mass is 14.9. The van der Waals surface area contributed by atoms with Crippen molar-refractivity contribution >= 4 is 0 Å². The Labute approximate surface area is 154 Å². The van der Waals surface area contributed by atoms with E-state index in [1.54, 1.807) is 5.56 Å². The lowest BCUT2D eigenvalue weighted by Crippen LogP contribution is -2.35. The Morgan fingerprint density at radius 2 is 1.48 bits per heavy atom. The topological polar surface area (TPSA) is 3.88 Å². The van der Waals surface area contributed by atoms with Crippen LogP contribution in [0, 0.1) is 6.92 Å². The molecule has 1 aromatic carbocycles. The van der Waals surface area contributed by atoms with Crippen molar-refractivity contribution < 1.29 is 4.57 Å². The molecule has 0 fully saturated rings. The fourth-order valence-electron chi connectivity index (χ4n) is 4.25. The summed E-state index contributed by atoms with van der Waals surface area (Å²) in [7, 11) is 2.18. The van der Waals surface area contributed by atoms with Crippen LogP contribution in [0.2, 0.25) is 0 Å². The number of fused-ring (bicyclic) bond motifs is 1. The first-order valence-corrected chi connectivity index (χ1v) is 9.68. The monoisotopic (exact) mass is 336 g/mol. The molecule has 2 aromatic rings. The van der Waals surface area contributed by atoms with Crippen LogP contribution >= 0.6 is 0 Å². The second kappa shape index (κ2) is 5.97. The smallest absolute Gasteiger partial charge is 0.201 e. The van der Waals surface area contributed by atoms with Gasteiger partial charge >= 0.3 is 0 Å². The van der Waals surface area contributed by atoms with Crippen molar-refractivity contribution in [2.45, 2.75) is 78.1 Å². The maximum atomic E-state index is 2.48. The number of nitrogens with zero attached hydrogens (tertiary/aromatic N) is 1. The Morgan fingerprint density at radius 3 is 2.00 bits per heavy atom. The zero-order valence-electron chi connectivity index (χ0n) is 17.3. The summed E-state index contributed by atoms with van der Waals surface area (Å²) in [5, 5.41) is 0. The van der Waals surface area contributed by atoms with E-state index in [-0.39, 0.29) is 10.8 Å². The molecule has 0 radical (unpaired) electrons. The van der Waals surface area contributed by atoms with Gasteiger partial charge in [-0.15, -0.1) is 0 Å². The Balaban J connectivity index is 2.20. The van der Waals surface area contributed by atoms with E-state index in [1.807, 2.05) is 0 Å². The highest BCUT2D eigenvalue weighted by Gasteiger charge is 2.37. The molecule has 1 nitrogen and oxygen atoms in total. The molecule has 0 N–H and O–H groups in total. The number of pyridine rings is 1. The molecule has 1 heteroatoms. The Kier molecular flexibility index (Phi) is 4.34. The van der Waals surface area contributed by atoms with Crippen LogP contribution in [0.3, 0.4) is 0 Å². The first-order valence-electron chi connectivity index (χ1n) is 9.68. The van der Waals surface area contributed by atoms with Gasteiger partial charge < -0.3 is 0 Å². The molecular formula is C24H34N+. The van der Waals surface area contributed by atoms with Gasteiger partial charge in [0.25, 0.3) is 0 Å². The van der Waals surface area contributed by atoms with Crippen LogP contribution < -0.4 is 4.57 Å². The molecule has 0 aliphatic heterocycles. The molecule has 3 rings (SSSR count). The van der Waals surface area contributed by atoms with E-state index >= 15 is 0 Å². The summed E-state index contributed by atoms with van der Waals surface area (Å²) in [6.07, 6.45) is 4.81. The van der Waals surface area contributed by atoms with Gasteiger partial charge in [0.05, 0.1) is 0 Å². The van der Waals surface area contributed by atoms with Crippen LogP contribution in [-0.4, -0.2) is 0 Å². The van der Waals surface area contributed by atoms with Gasteiger partial charge in [0.1, 0.15) is 7.05 Å². The lowest BCUT2D eigenvalue weighted by Gasteiger charge is -2.42. The standard InChI is InChI=1S/C24H34N/c1-16(2)18-9-10-22(25(8)15-18)19-14-21-20(13-17(19)3)23(4,5)11-12-24(21,6)7/h9-10,13-16H,11-12H2,1-8H3/q+1. The molecule has 25 heavy (non-hydrogen) atoms. The van der Waals surface area contributed by atoms with Crippen molar-refractivity contribution in [3.63, 3.8) is 0 Å². The van der Waals surface area contributed by atoms with Crippen molar-refractivity contribution in [3.8, 4) is 11.3 Å². The fourth-order valence-corrected chi connectivity index (χ4v) is 4.25. The van der Waals surface area contributed by atoms with Crippen molar-refractivity contribution in [1.29, 1.82) is 0 Å². The quantitative estimate of drug-likeness (QED) is 0.596. The Hall–Kier alpha value is -1.63. The third kappa shape index (κ3) is 3.14. The largest absolute Gasteiger partial charge is 0.212 e. The minimum absolute atomic E-state index is 0.254. The maximum absolute atomic E-state index is 2.48. The van der Waals surface area contributed by atoms with Crippen LogP contribution in [0.15, 0.2) is 30.5 Å². The summed E-state index contributed by atoms with van der Waals surface area (Å²) in [5.74, 6) is 0.560. The molecule has 0 spiro atoms. The second-order valence-electron chi connectivity index (χ2n) is 9.59. The third-order valence-corrected chi connectivity index (χ3v) is 6.30. The van der Waals surface area contributed by atoms with Crippen LogP contribution in [0.1, 0.15) is 82.6 Å². The SMILES string of the molecule is Cc1cc2c(cc1-c1ccc(C(C)C)c[n+]1C)C(C)(C)CCC2(C)C. The van der Waals surface area contributed by atoms with Crippen molar-refractivity contribution in [2.24, 2.45) is 7.05 Å². The summed E-state index contributed by atoms with van der Waals surface area (Å²) < 4.78 is 2.30. The Morgan fingerprint density at radius 1 is 0.920 bits per heavy atom. The number of aryl methyl sites for hydroxylation is 2. The van der Waals surface area contributed by atoms with Crippen LogP contribution in [0.5, 0.6) is 0 Å². The molecule has 0 saturated carbocycles. The minimum Gasteiger partial charge on any atom is -0.201 e. The zero-order valence-corrected chi connectivity index (χ0v) is 17.3. The lowest BCUT2D eigenvalue weighted by atomic mass is 9.62. The summed E-state index contributed by atoms with van der Waals surface area (Å²) in [6, 6.07) is 9.52. The summed E-state index contributed by atoms with van der Waals surface area (Å²) in [6.45, 7) is 16.4. The van der Waals surface area contributed by atoms with Gasteiger partial charge in [0.15, 0.2) is 6.20 Å². The van der Waals surface area contributed by atoms with E-state index < -0.39 is 0 Å². The van der Waals surface area contributed by atoms with Gasteiger partial charge in [-0.05, 0) is 65.3 Å². The van der Waals surface area contributed by atoms with Crippen LogP contribution in [0.25, 0.3) is 11.3 Å². The highest BCUT2D eigenvalue weighted by molar-refractivity contribution is 5.65. The average Bonchev–Trinajstić information content (AvgIpc) is 2.52. The predicted molar refractivity (Wildman–Crippen MR) is 107 cm³/mol. The second-order valence-corrected chi connectivity index (χ2v) is 9.59. The normalized spacial score (nSPS) is 18.3.